The molecule has 0 aliphatic rings. The van der Waals surface area contributed by atoms with Crippen molar-refractivity contribution in [3.63, 3.8) is 0 Å². The van der Waals surface area contributed by atoms with Crippen LogP contribution in [0, 0.1) is 10.8 Å². The molecule has 0 saturated heterocycles. The first-order chi connectivity index (χ1) is 16.6. The van der Waals surface area contributed by atoms with Gasteiger partial charge in [0.2, 0.25) is 0 Å². The third kappa shape index (κ3) is 6.32. The number of benzene rings is 3. The van der Waals surface area contributed by atoms with Crippen LogP contribution >= 0.6 is 0 Å². The fourth-order valence-electron chi connectivity index (χ4n) is 3.45. The summed E-state index contributed by atoms with van der Waals surface area (Å²) in [5, 5.41) is 24.6. The molecular formula is C27H29N5O2. The second-order valence-corrected chi connectivity index (χ2v) is 7.55. The summed E-state index contributed by atoms with van der Waals surface area (Å²) in [5.41, 5.74) is 5.38. The van der Waals surface area contributed by atoms with Crippen molar-refractivity contribution in [3.05, 3.63) is 101 Å². The second kappa shape index (κ2) is 12.0. The summed E-state index contributed by atoms with van der Waals surface area (Å²) >= 11 is 0. The van der Waals surface area contributed by atoms with Gasteiger partial charge in [-0.2, -0.15) is 0 Å². The molecule has 7 heteroatoms. The molecule has 174 valence electrons. The molecule has 0 fully saturated rings. The summed E-state index contributed by atoms with van der Waals surface area (Å²) in [5.74, 6) is 0.394. The van der Waals surface area contributed by atoms with Crippen molar-refractivity contribution in [1.82, 2.24) is 10.6 Å². The van der Waals surface area contributed by atoms with Crippen LogP contribution in [0.25, 0.3) is 0 Å². The number of nitrogens with one attached hydrogen (secondary N) is 5. The number of ether oxygens (including phenoxy) is 1. The number of methoxy groups -OCH3 is 1. The van der Waals surface area contributed by atoms with E-state index in [-0.39, 0.29) is 5.91 Å². The van der Waals surface area contributed by atoms with E-state index in [2.05, 4.69) is 16.0 Å². The van der Waals surface area contributed by atoms with Crippen LogP contribution in [0.4, 0.5) is 11.4 Å². The van der Waals surface area contributed by atoms with Crippen molar-refractivity contribution in [3.8, 4) is 5.75 Å². The molecular weight excluding hydrogens is 426 g/mol. The lowest BCUT2D eigenvalue weighted by Crippen LogP contribution is -2.28. The van der Waals surface area contributed by atoms with E-state index in [9.17, 15) is 4.79 Å². The number of allylic oxidation sites excluding steroid dienone is 1. The Morgan fingerprint density at radius 1 is 0.971 bits per heavy atom. The number of hydrogen-bond donors (Lipinski definition) is 5. The number of carbonyl (C=O) groups excluding carboxylic acids is 1. The SMILES string of the molecule is CN/C(Cc1ccccc1)=C(\C=N)C(=O)NCc1ccc(Nc2ccc(OC)cc2C=N)cc1. The van der Waals surface area contributed by atoms with E-state index in [1.54, 1.807) is 20.2 Å². The van der Waals surface area contributed by atoms with Crippen LogP contribution in [-0.4, -0.2) is 32.5 Å². The minimum absolute atomic E-state index is 0.300. The zero-order chi connectivity index (χ0) is 24.3. The van der Waals surface area contributed by atoms with Gasteiger partial charge >= 0.3 is 0 Å². The zero-order valence-electron chi connectivity index (χ0n) is 19.3. The van der Waals surface area contributed by atoms with Crippen LogP contribution in [0.5, 0.6) is 5.75 Å². The average molecular weight is 456 g/mol. The molecule has 1 amide bonds. The van der Waals surface area contributed by atoms with Gasteiger partial charge in [-0.25, -0.2) is 0 Å². The highest BCUT2D eigenvalue weighted by Crippen LogP contribution is 2.24. The smallest absolute Gasteiger partial charge is 0.254 e. The predicted octanol–water partition coefficient (Wildman–Crippen LogP) is 4.42. The highest BCUT2D eigenvalue weighted by atomic mass is 16.5. The first-order valence-electron chi connectivity index (χ1n) is 10.9. The topological polar surface area (TPSA) is 110 Å². The van der Waals surface area contributed by atoms with Crippen LogP contribution < -0.4 is 20.7 Å². The fraction of sp³-hybridized carbons (Fsp3) is 0.148. The minimum Gasteiger partial charge on any atom is -0.497 e. The van der Waals surface area contributed by atoms with Crippen LogP contribution in [0.15, 0.2) is 84.1 Å². The molecule has 0 atom stereocenters. The lowest BCUT2D eigenvalue weighted by molar-refractivity contribution is -0.117. The van der Waals surface area contributed by atoms with Crippen molar-refractivity contribution in [2.24, 2.45) is 0 Å². The molecule has 0 saturated carbocycles. The van der Waals surface area contributed by atoms with Crippen molar-refractivity contribution in [2.75, 3.05) is 19.5 Å². The molecule has 5 N–H and O–H groups in total. The average Bonchev–Trinajstić information content (AvgIpc) is 2.88. The van der Waals surface area contributed by atoms with Crippen molar-refractivity contribution in [1.29, 1.82) is 10.8 Å². The van der Waals surface area contributed by atoms with E-state index in [0.29, 0.717) is 30.0 Å². The summed E-state index contributed by atoms with van der Waals surface area (Å²) < 4.78 is 5.21. The Balaban J connectivity index is 1.64. The number of anilines is 2. The van der Waals surface area contributed by atoms with Gasteiger partial charge in [-0.3, -0.25) is 4.79 Å². The molecule has 3 aromatic rings. The number of carbonyl (C=O) groups is 1. The highest BCUT2D eigenvalue weighted by molar-refractivity contribution is 6.12. The molecule has 0 unspecified atom stereocenters. The summed E-state index contributed by atoms with van der Waals surface area (Å²) in [6.07, 6.45) is 2.91. The van der Waals surface area contributed by atoms with Crippen LogP contribution in [0.1, 0.15) is 16.7 Å². The minimum atomic E-state index is -0.300. The maximum absolute atomic E-state index is 12.8. The van der Waals surface area contributed by atoms with Gasteiger partial charge in [-0.15, -0.1) is 0 Å². The standard InChI is InChI=1S/C27H29N5O2/c1-30-26(14-19-6-4-3-5-7-19)24(17-29)27(33)31-18-20-8-10-22(11-9-20)32-25-13-12-23(34-2)15-21(25)16-28/h3-13,15-17,28-30,32H,14,18H2,1-2H3,(H,31,33)/b26-24+,28-16?,29-17?. The third-order valence-electron chi connectivity index (χ3n) is 5.34. The van der Waals surface area contributed by atoms with Crippen LogP contribution in [0.3, 0.4) is 0 Å². The van der Waals surface area contributed by atoms with Gasteiger partial charge in [0.1, 0.15) is 5.75 Å². The van der Waals surface area contributed by atoms with Crippen LogP contribution in [0.2, 0.25) is 0 Å². The number of hydrogen-bond acceptors (Lipinski definition) is 6. The van der Waals surface area contributed by atoms with Gasteiger partial charge < -0.3 is 31.5 Å². The molecule has 0 spiro atoms. The monoisotopic (exact) mass is 455 g/mol. The van der Waals surface area contributed by atoms with E-state index in [0.717, 1.165) is 34.3 Å². The molecule has 0 aliphatic carbocycles. The summed E-state index contributed by atoms with van der Waals surface area (Å²) in [6.45, 7) is 0.340. The summed E-state index contributed by atoms with van der Waals surface area (Å²) in [6, 6.07) is 23.0. The van der Waals surface area contributed by atoms with Crippen molar-refractivity contribution in [2.45, 2.75) is 13.0 Å². The summed E-state index contributed by atoms with van der Waals surface area (Å²) in [4.78, 5) is 12.8. The summed E-state index contributed by atoms with van der Waals surface area (Å²) in [7, 11) is 3.35. The van der Waals surface area contributed by atoms with E-state index in [1.165, 1.54) is 6.21 Å². The molecule has 3 rings (SSSR count). The maximum Gasteiger partial charge on any atom is 0.254 e. The fourth-order valence-corrected chi connectivity index (χ4v) is 3.45. The Bertz CT molecular complexity index is 1170. The molecule has 0 heterocycles. The largest absolute Gasteiger partial charge is 0.497 e. The Morgan fingerprint density at radius 2 is 1.71 bits per heavy atom. The van der Waals surface area contributed by atoms with E-state index < -0.39 is 0 Å². The first-order valence-corrected chi connectivity index (χ1v) is 10.9. The number of likely N-dealkylation sites (N-methyl/N-ethyl adjacent to an activating group) is 1. The van der Waals surface area contributed by atoms with Gasteiger partial charge in [0.25, 0.3) is 5.91 Å². The predicted molar refractivity (Wildman–Crippen MR) is 137 cm³/mol. The van der Waals surface area contributed by atoms with E-state index in [1.807, 2.05) is 66.7 Å². The van der Waals surface area contributed by atoms with Gasteiger partial charge in [-0.05, 0) is 41.5 Å². The Hall–Kier alpha value is -4.39. The third-order valence-corrected chi connectivity index (χ3v) is 5.34. The van der Waals surface area contributed by atoms with Crippen LogP contribution in [-0.2, 0) is 17.8 Å². The van der Waals surface area contributed by atoms with Gasteiger partial charge in [0.15, 0.2) is 0 Å². The zero-order valence-corrected chi connectivity index (χ0v) is 19.3. The van der Waals surface area contributed by atoms with Crippen molar-refractivity contribution < 1.29 is 9.53 Å². The van der Waals surface area contributed by atoms with Gasteiger partial charge in [0.05, 0.1) is 12.7 Å². The molecule has 0 bridgehead atoms. The van der Waals surface area contributed by atoms with E-state index >= 15 is 0 Å². The number of amides is 1. The van der Waals surface area contributed by atoms with E-state index in [4.69, 9.17) is 15.6 Å². The highest BCUT2D eigenvalue weighted by Gasteiger charge is 2.13. The normalized spacial score (nSPS) is 11.1. The second-order valence-electron chi connectivity index (χ2n) is 7.55. The quantitative estimate of drug-likeness (QED) is 0.218. The Morgan fingerprint density at radius 3 is 2.32 bits per heavy atom. The molecule has 0 radical (unpaired) electrons. The van der Waals surface area contributed by atoms with Gasteiger partial charge in [-0.1, -0.05) is 42.5 Å². The Kier molecular flexibility index (Phi) is 8.57. The molecule has 7 nitrogen and oxygen atoms in total. The molecule has 34 heavy (non-hydrogen) atoms. The first kappa shape index (κ1) is 24.3. The van der Waals surface area contributed by atoms with Gasteiger partial charge in [0, 0.05) is 55.1 Å². The Labute approximate surface area is 199 Å². The van der Waals surface area contributed by atoms with Crippen molar-refractivity contribution >= 4 is 29.7 Å². The molecule has 3 aromatic carbocycles. The lowest BCUT2D eigenvalue weighted by Gasteiger charge is -2.13. The molecule has 0 aromatic heterocycles. The molecule has 0 aliphatic heterocycles. The number of rotatable bonds is 11. The lowest BCUT2D eigenvalue weighted by atomic mass is 10.1. The maximum atomic E-state index is 12.8.